The first-order valence-corrected chi connectivity index (χ1v) is 9.83. The van der Waals surface area contributed by atoms with E-state index in [1.54, 1.807) is 0 Å². The monoisotopic (exact) mass is 411 g/mol. The summed E-state index contributed by atoms with van der Waals surface area (Å²) in [5.74, 6) is 0. The van der Waals surface area contributed by atoms with E-state index in [9.17, 15) is 21.6 Å². The molecule has 1 aliphatic heterocycles. The summed E-state index contributed by atoms with van der Waals surface area (Å²) in [4.78, 5) is 0.874. The van der Waals surface area contributed by atoms with Crippen molar-refractivity contribution in [1.82, 2.24) is 10.2 Å². The lowest BCUT2D eigenvalue weighted by Gasteiger charge is -2.27. The molecule has 0 amide bonds. The molecule has 0 bridgehead atoms. The van der Waals surface area contributed by atoms with Crippen molar-refractivity contribution in [3.05, 3.63) is 29.8 Å². The number of ether oxygens (including phenoxy) is 1. The van der Waals surface area contributed by atoms with Crippen molar-refractivity contribution in [2.24, 2.45) is 5.14 Å². The summed E-state index contributed by atoms with van der Waals surface area (Å²) in [7, 11) is -3.86. The maximum atomic E-state index is 12.9. The van der Waals surface area contributed by atoms with Gasteiger partial charge in [-0.3, -0.25) is 0 Å². The minimum Gasteiger partial charge on any atom is -0.376 e. The fourth-order valence-electron chi connectivity index (χ4n) is 2.54. The third-order valence-corrected chi connectivity index (χ3v) is 5.12. The maximum absolute atomic E-state index is 12.9. The second-order valence-electron chi connectivity index (χ2n) is 5.98. The molecule has 1 atom stereocenters. The van der Waals surface area contributed by atoms with Crippen LogP contribution in [0.5, 0.6) is 0 Å². The smallest absolute Gasteiger partial charge is 0.376 e. The number of nitrogens with one attached hydrogen (secondary N) is 1. The van der Waals surface area contributed by atoms with Crippen LogP contribution < -0.4 is 10.5 Å². The first kappa shape index (κ1) is 20.9. The van der Waals surface area contributed by atoms with Gasteiger partial charge in [0.15, 0.2) is 5.11 Å². The third-order valence-electron chi connectivity index (χ3n) is 3.79. The summed E-state index contributed by atoms with van der Waals surface area (Å²) in [6.45, 7) is -0.359. The molecule has 1 aliphatic rings. The second kappa shape index (κ2) is 8.51. The number of primary sulfonamides is 1. The van der Waals surface area contributed by atoms with Crippen LogP contribution in [0.3, 0.4) is 0 Å². The Hall–Kier alpha value is -1.43. The molecule has 3 N–H and O–H groups in total. The predicted octanol–water partition coefficient (Wildman–Crippen LogP) is 1.75. The lowest BCUT2D eigenvalue weighted by molar-refractivity contribution is -0.138. The molecule has 0 radical (unpaired) electrons. The van der Waals surface area contributed by atoms with Crippen LogP contribution in [0, 0.1) is 0 Å². The number of nitrogens with two attached hydrogens (primary N) is 1. The standard InChI is InChI=1S/C15H20F3N3O3S2/c16-15(17,18)10-21(14(25)20-8-12-2-1-7-24-12)9-11-3-5-13(6-4-11)26(19,22)23/h3-6,12H,1-2,7-10H2,(H,20,25)(H2,19,22,23)/t12-/m1/s1. The van der Waals surface area contributed by atoms with Crippen molar-refractivity contribution in [1.29, 1.82) is 0 Å². The molecule has 1 saturated heterocycles. The van der Waals surface area contributed by atoms with Crippen molar-refractivity contribution >= 4 is 27.4 Å². The quantitative estimate of drug-likeness (QED) is 0.694. The second-order valence-corrected chi connectivity index (χ2v) is 7.93. The zero-order valence-electron chi connectivity index (χ0n) is 13.8. The van der Waals surface area contributed by atoms with Gasteiger partial charge >= 0.3 is 6.18 Å². The molecule has 26 heavy (non-hydrogen) atoms. The Kier molecular flexibility index (Phi) is 6.83. The van der Waals surface area contributed by atoms with Gasteiger partial charge in [-0.05, 0) is 42.8 Å². The van der Waals surface area contributed by atoms with Crippen LogP contribution in [-0.4, -0.2) is 50.4 Å². The summed E-state index contributed by atoms with van der Waals surface area (Å²) < 4.78 is 66.6. The maximum Gasteiger partial charge on any atom is 0.406 e. The molecule has 1 aromatic rings. The van der Waals surface area contributed by atoms with E-state index in [-0.39, 0.29) is 22.7 Å². The van der Waals surface area contributed by atoms with Gasteiger partial charge in [-0.15, -0.1) is 0 Å². The molecule has 146 valence electrons. The SMILES string of the molecule is NS(=O)(=O)c1ccc(CN(CC(F)(F)F)C(=S)NC[C@H]2CCCO2)cc1. The van der Waals surface area contributed by atoms with Crippen molar-refractivity contribution < 1.29 is 26.3 Å². The van der Waals surface area contributed by atoms with Gasteiger partial charge in [0.2, 0.25) is 10.0 Å². The highest BCUT2D eigenvalue weighted by Crippen LogP contribution is 2.19. The van der Waals surface area contributed by atoms with Crippen molar-refractivity contribution in [3.63, 3.8) is 0 Å². The third kappa shape index (κ3) is 6.71. The number of hydrogen-bond donors (Lipinski definition) is 2. The number of nitrogens with zero attached hydrogens (tertiary/aromatic N) is 1. The van der Waals surface area contributed by atoms with Gasteiger partial charge in [0, 0.05) is 19.7 Å². The Labute approximate surface area is 155 Å². The van der Waals surface area contributed by atoms with Crippen molar-refractivity contribution in [3.8, 4) is 0 Å². The van der Waals surface area contributed by atoms with Crippen LogP contribution in [0.15, 0.2) is 29.2 Å². The van der Waals surface area contributed by atoms with Gasteiger partial charge in [0.25, 0.3) is 0 Å². The van der Waals surface area contributed by atoms with Crippen LogP contribution >= 0.6 is 12.2 Å². The highest BCUT2D eigenvalue weighted by molar-refractivity contribution is 7.89. The lowest BCUT2D eigenvalue weighted by atomic mass is 10.2. The Morgan fingerprint density at radius 3 is 2.50 bits per heavy atom. The summed E-state index contributed by atoms with van der Waals surface area (Å²) in [6.07, 6.45) is -2.74. The van der Waals surface area contributed by atoms with Crippen LogP contribution in [0.2, 0.25) is 0 Å². The molecule has 0 unspecified atom stereocenters. The lowest BCUT2D eigenvalue weighted by Crippen LogP contribution is -2.46. The van der Waals surface area contributed by atoms with Gasteiger partial charge < -0.3 is 15.0 Å². The number of benzene rings is 1. The fraction of sp³-hybridized carbons (Fsp3) is 0.533. The van der Waals surface area contributed by atoms with Gasteiger partial charge in [-0.2, -0.15) is 13.2 Å². The molecule has 0 spiro atoms. The molecule has 0 aromatic heterocycles. The van der Waals surface area contributed by atoms with E-state index in [1.165, 1.54) is 24.3 Å². The molecule has 6 nitrogen and oxygen atoms in total. The molecule has 1 heterocycles. The van der Waals surface area contributed by atoms with Crippen LogP contribution in [0.4, 0.5) is 13.2 Å². The summed E-state index contributed by atoms with van der Waals surface area (Å²) in [5, 5.41) is 7.79. The molecule has 1 aromatic carbocycles. The number of thiocarbonyl (C=S) groups is 1. The van der Waals surface area contributed by atoms with E-state index in [0.29, 0.717) is 18.7 Å². The average molecular weight is 411 g/mol. The van der Waals surface area contributed by atoms with E-state index in [1.807, 2.05) is 0 Å². The first-order valence-electron chi connectivity index (χ1n) is 7.87. The van der Waals surface area contributed by atoms with Crippen LogP contribution in [-0.2, 0) is 21.3 Å². The van der Waals surface area contributed by atoms with E-state index in [0.717, 1.165) is 17.7 Å². The van der Waals surface area contributed by atoms with E-state index in [4.69, 9.17) is 22.1 Å². The molecular weight excluding hydrogens is 391 g/mol. The predicted molar refractivity (Wildman–Crippen MR) is 93.9 cm³/mol. The molecule has 0 saturated carbocycles. The molecule has 11 heteroatoms. The summed E-state index contributed by atoms with van der Waals surface area (Å²) >= 11 is 5.11. The number of sulfonamides is 1. The Morgan fingerprint density at radius 2 is 2.00 bits per heavy atom. The van der Waals surface area contributed by atoms with E-state index >= 15 is 0 Å². The molecule has 1 fully saturated rings. The van der Waals surface area contributed by atoms with Crippen molar-refractivity contribution in [2.75, 3.05) is 19.7 Å². The highest BCUT2D eigenvalue weighted by Gasteiger charge is 2.32. The Balaban J connectivity index is 2.04. The summed E-state index contributed by atoms with van der Waals surface area (Å²) in [5.41, 5.74) is 0.475. The van der Waals surface area contributed by atoms with Crippen LogP contribution in [0.25, 0.3) is 0 Å². The van der Waals surface area contributed by atoms with Gasteiger partial charge in [0.05, 0.1) is 11.0 Å². The first-order chi connectivity index (χ1) is 12.0. The topological polar surface area (TPSA) is 84.7 Å². The zero-order chi connectivity index (χ0) is 19.4. The molecule has 0 aliphatic carbocycles. The van der Waals surface area contributed by atoms with E-state index in [2.05, 4.69) is 5.32 Å². The number of halogens is 3. The molecule has 2 rings (SSSR count). The number of alkyl halides is 3. The van der Waals surface area contributed by atoms with Gasteiger partial charge in [-0.25, -0.2) is 13.6 Å². The highest BCUT2D eigenvalue weighted by atomic mass is 32.2. The van der Waals surface area contributed by atoms with Crippen LogP contribution in [0.1, 0.15) is 18.4 Å². The van der Waals surface area contributed by atoms with Gasteiger partial charge in [0.1, 0.15) is 6.54 Å². The Bertz CT molecular complexity index is 718. The van der Waals surface area contributed by atoms with Crippen molar-refractivity contribution in [2.45, 2.75) is 36.6 Å². The molecular formula is C15H20F3N3O3S2. The Morgan fingerprint density at radius 1 is 1.35 bits per heavy atom. The fourth-order valence-corrected chi connectivity index (χ4v) is 3.27. The average Bonchev–Trinajstić information content (AvgIpc) is 3.03. The number of hydrogen-bond acceptors (Lipinski definition) is 4. The summed E-state index contributed by atoms with van der Waals surface area (Å²) in [6, 6.07) is 5.32. The largest absolute Gasteiger partial charge is 0.406 e. The minimum absolute atomic E-state index is 0.0339. The normalized spacial score (nSPS) is 17.9. The number of rotatable bonds is 6. The zero-order valence-corrected chi connectivity index (χ0v) is 15.5. The minimum atomic E-state index is -4.43. The van der Waals surface area contributed by atoms with Gasteiger partial charge in [-0.1, -0.05) is 12.1 Å². The van der Waals surface area contributed by atoms with E-state index < -0.39 is 22.7 Å².